The number of esters is 2. The Labute approximate surface area is 246 Å². The van der Waals surface area contributed by atoms with Crippen molar-refractivity contribution in [2.24, 2.45) is 0 Å². The van der Waals surface area contributed by atoms with Crippen LogP contribution in [0, 0.1) is 6.92 Å². The van der Waals surface area contributed by atoms with Crippen LogP contribution in [0.25, 0.3) is 39.2 Å². The van der Waals surface area contributed by atoms with Crippen LogP contribution in [0.3, 0.4) is 0 Å². The molecule has 0 bridgehead atoms. The van der Waals surface area contributed by atoms with E-state index in [2.05, 4.69) is 25.6 Å². The van der Waals surface area contributed by atoms with Crippen LogP contribution in [0.4, 0.5) is 0 Å². The highest BCUT2D eigenvalue weighted by Crippen LogP contribution is 2.38. The molecular formula is C32H26N6O5. The van der Waals surface area contributed by atoms with Crippen molar-refractivity contribution in [3.05, 3.63) is 108 Å². The molecular weight excluding hydrogens is 548 g/mol. The summed E-state index contributed by atoms with van der Waals surface area (Å²) in [5.74, 6) is 0.598. The molecule has 0 aliphatic rings. The van der Waals surface area contributed by atoms with Crippen LogP contribution >= 0.6 is 0 Å². The molecule has 0 spiro atoms. The molecule has 0 radical (unpaired) electrons. The maximum absolute atomic E-state index is 13.2. The summed E-state index contributed by atoms with van der Waals surface area (Å²) in [6.45, 7) is 3.68. The second kappa shape index (κ2) is 12.0. The molecule has 11 heteroatoms. The van der Waals surface area contributed by atoms with Crippen LogP contribution < -0.4 is 4.74 Å². The van der Waals surface area contributed by atoms with Crippen molar-refractivity contribution in [2.45, 2.75) is 13.8 Å². The number of benzene rings is 4. The lowest BCUT2D eigenvalue weighted by atomic mass is 9.98. The van der Waals surface area contributed by atoms with Gasteiger partial charge in [0.05, 0.1) is 34.5 Å². The molecule has 0 aliphatic carbocycles. The largest absolute Gasteiger partial charge is 0.493 e. The predicted molar refractivity (Wildman–Crippen MR) is 158 cm³/mol. The first-order valence-corrected chi connectivity index (χ1v) is 13.5. The highest BCUT2D eigenvalue weighted by atomic mass is 16.7. The molecule has 6 rings (SSSR count). The van der Waals surface area contributed by atoms with Crippen molar-refractivity contribution in [3.8, 4) is 34.0 Å². The first-order chi connectivity index (χ1) is 21.0. The number of para-hydroxylation sites is 1. The Morgan fingerprint density at radius 2 is 1.60 bits per heavy atom. The van der Waals surface area contributed by atoms with E-state index in [1.165, 1.54) is 0 Å². The molecule has 0 amide bonds. The van der Waals surface area contributed by atoms with Gasteiger partial charge in [-0.3, -0.25) is 4.57 Å². The molecule has 0 fully saturated rings. The van der Waals surface area contributed by atoms with Gasteiger partial charge in [0.15, 0.2) is 5.82 Å². The maximum atomic E-state index is 13.2. The molecule has 214 valence electrons. The fraction of sp³-hybridized carbons (Fsp3) is 0.125. The number of hydrogen-bond donors (Lipinski definition) is 1. The van der Waals surface area contributed by atoms with Gasteiger partial charge in [-0.15, -0.1) is 5.10 Å². The molecule has 43 heavy (non-hydrogen) atoms. The van der Waals surface area contributed by atoms with E-state index < -0.39 is 18.7 Å². The standard InChI is InChI=1S/C32H26N6O5/c1-3-41-28-18-22(16-17-24(28)23-12-7-8-13-25(23)30-34-36-37-35-30)38-20(2)33-27-15-9-14-26(29(27)38)32(40)43-19-42-31(39)21-10-5-4-6-11-21/h4-18H,3,19H2,1-2H3,(H,34,35,36,37). The second-order valence-electron chi connectivity index (χ2n) is 9.42. The summed E-state index contributed by atoms with van der Waals surface area (Å²) in [6, 6.07) is 27.3. The molecule has 0 atom stereocenters. The summed E-state index contributed by atoms with van der Waals surface area (Å²) < 4.78 is 18.5. The SMILES string of the molecule is CCOc1cc(-n2c(C)nc3cccc(C(=O)OCOC(=O)c4ccccc4)c32)ccc1-c1ccccc1-c1nnn[nH]1. The lowest BCUT2D eigenvalue weighted by Crippen LogP contribution is -2.14. The number of carbonyl (C=O) groups is 2. The van der Waals surface area contributed by atoms with Crippen LogP contribution in [-0.2, 0) is 9.47 Å². The van der Waals surface area contributed by atoms with Gasteiger partial charge < -0.3 is 14.2 Å². The number of carbonyl (C=O) groups excluding carboxylic acids is 2. The van der Waals surface area contributed by atoms with Crippen molar-refractivity contribution in [2.75, 3.05) is 13.4 Å². The fourth-order valence-corrected chi connectivity index (χ4v) is 4.94. The van der Waals surface area contributed by atoms with E-state index in [1.807, 2.05) is 66.9 Å². The first-order valence-electron chi connectivity index (χ1n) is 13.5. The third-order valence-electron chi connectivity index (χ3n) is 6.79. The number of nitrogens with zero attached hydrogens (tertiary/aromatic N) is 5. The first kappa shape index (κ1) is 27.3. The highest BCUT2D eigenvalue weighted by molar-refractivity contribution is 6.03. The fourth-order valence-electron chi connectivity index (χ4n) is 4.94. The Morgan fingerprint density at radius 1 is 0.837 bits per heavy atom. The van der Waals surface area contributed by atoms with Crippen LogP contribution in [0.1, 0.15) is 33.5 Å². The van der Waals surface area contributed by atoms with E-state index in [1.54, 1.807) is 42.5 Å². The molecule has 4 aromatic carbocycles. The number of H-pyrrole nitrogens is 1. The normalized spacial score (nSPS) is 10.9. The van der Waals surface area contributed by atoms with Crippen molar-refractivity contribution < 1.29 is 23.8 Å². The number of aryl methyl sites for hydroxylation is 1. The molecule has 0 saturated carbocycles. The zero-order chi connectivity index (χ0) is 29.8. The number of nitrogens with one attached hydrogen (secondary N) is 1. The molecule has 1 N–H and O–H groups in total. The van der Waals surface area contributed by atoms with Crippen molar-refractivity contribution in [1.29, 1.82) is 0 Å². The number of fused-ring (bicyclic) bond motifs is 1. The van der Waals surface area contributed by atoms with Gasteiger partial charge in [0.1, 0.15) is 11.6 Å². The van der Waals surface area contributed by atoms with E-state index >= 15 is 0 Å². The summed E-state index contributed by atoms with van der Waals surface area (Å²) in [7, 11) is 0. The number of imidazole rings is 1. The highest BCUT2D eigenvalue weighted by Gasteiger charge is 2.21. The third-order valence-corrected chi connectivity index (χ3v) is 6.79. The lowest BCUT2D eigenvalue weighted by molar-refractivity contribution is -0.0166. The molecule has 0 aliphatic heterocycles. The van der Waals surface area contributed by atoms with Crippen molar-refractivity contribution in [3.63, 3.8) is 0 Å². The number of ether oxygens (including phenoxy) is 3. The number of hydrogen-bond acceptors (Lipinski definition) is 9. The predicted octanol–water partition coefficient (Wildman–Crippen LogP) is 5.55. The monoisotopic (exact) mass is 574 g/mol. The molecule has 2 heterocycles. The van der Waals surface area contributed by atoms with Gasteiger partial charge in [0.25, 0.3) is 0 Å². The molecule has 2 aromatic heterocycles. The smallest absolute Gasteiger partial charge is 0.343 e. The van der Waals surface area contributed by atoms with Gasteiger partial charge in [-0.2, -0.15) is 0 Å². The average Bonchev–Trinajstić information content (AvgIpc) is 3.69. The van der Waals surface area contributed by atoms with Crippen LogP contribution in [-0.4, -0.2) is 55.5 Å². The average molecular weight is 575 g/mol. The second-order valence-corrected chi connectivity index (χ2v) is 9.42. The minimum absolute atomic E-state index is 0.277. The summed E-state index contributed by atoms with van der Waals surface area (Å²) in [5, 5.41) is 14.3. The number of tetrazole rings is 1. The Balaban J connectivity index is 1.35. The summed E-state index contributed by atoms with van der Waals surface area (Å²) in [6.07, 6.45) is 0. The van der Waals surface area contributed by atoms with Gasteiger partial charge >= 0.3 is 11.9 Å². The van der Waals surface area contributed by atoms with E-state index in [9.17, 15) is 9.59 Å². The Morgan fingerprint density at radius 3 is 2.37 bits per heavy atom. The molecule has 0 saturated heterocycles. The molecule has 0 unspecified atom stereocenters. The minimum atomic E-state index is -0.649. The van der Waals surface area contributed by atoms with Crippen LogP contribution in [0.2, 0.25) is 0 Å². The number of aromatic nitrogens is 6. The molecule has 6 aromatic rings. The Kier molecular flexibility index (Phi) is 7.60. The lowest BCUT2D eigenvalue weighted by Gasteiger charge is -2.16. The summed E-state index contributed by atoms with van der Waals surface area (Å²) in [4.78, 5) is 30.2. The van der Waals surface area contributed by atoms with Gasteiger partial charge in [-0.1, -0.05) is 48.5 Å². The van der Waals surface area contributed by atoms with Gasteiger partial charge in [-0.25, -0.2) is 19.7 Å². The van der Waals surface area contributed by atoms with Crippen molar-refractivity contribution in [1.82, 2.24) is 30.2 Å². The Hall–Kier alpha value is -5.84. The topological polar surface area (TPSA) is 134 Å². The van der Waals surface area contributed by atoms with Crippen LogP contribution in [0.15, 0.2) is 91.0 Å². The van der Waals surface area contributed by atoms with Gasteiger partial charge in [0, 0.05) is 17.2 Å². The van der Waals surface area contributed by atoms with Crippen LogP contribution in [0.5, 0.6) is 5.75 Å². The Bertz CT molecular complexity index is 1920. The van der Waals surface area contributed by atoms with E-state index in [4.69, 9.17) is 14.2 Å². The molecule has 11 nitrogen and oxygen atoms in total. The summed E-state index contributed by atoms with van der Waals surface area (Å²) >= 11 is 0. The van der Waals surface area contributed by atoms with E-state index in [0.29, 0.717) is 40.6 Å². The number of rotatable bonds is 9. The zero-order valence-corrected chi connectivity index (χ0v) is 23.4. The quantitative estimate of drug-likeness (QED) is 0.174. The third kappa shape index (κ3) is 5.43. The van der Waals surface area contributed by atoms with E-state index in [0.717, 1.165) is 22.4 Å². The van der Waals surface area contributed by atoms with Crippen molar-refractivity contribution >= 4 is 23.0 Å². The van der Waals surface area contributed by atoms with Gasteiger partial charge in [0.2, 0.25) is 6.79 Å². The zero-order valence-electron chi connectivity index (χ0n) is 23.4. The van der Waals surface area contributed by atoms with E-state index in [-0.39, 0.29) is 5.56 Å². The minimum Gasteiger partial charge on any atom is -0.493 e. The number of aromatic amines is 1. The maximum Gasteiger partial charge on any atom is 0.343 e. The van der Waals surface area contributed by atoms with Gasteiger partial charge in [-0.05, 0) is 66.2 Å². The summed E-state index contributed by atoms with van der Waals surface area (Å²) in [5.41, 5.74) is 5.10.